The molecule has 1 aliphatic carbocycles. The Morgan fingerprint density at radius 2 is 1.62 bits per heavy atom. The van der Waals surface area contributed by atoms with Gasteiger partial charge < -0.3 is 9.80 Å². The van der Waals surface area contributed by atoms with Gasteiger partial charge in [0.15, 0.2) is 6.67 Å². The van der Waals surface area contributed by atoms with E-state index in [0.29, 0.717) is 6.54 Å². The lowest BCUT2D eigenvalue weighted by Crippen LogP contribution is -3.09. The maximum absolute atomic E-state index is 12.8. The van der Waals surface area contributed by atoms with Gasteiger partial charge in [-0.25, -0.2) is 9.69 Å². The van der Waals surface area contributed by atoms with Gasteiger partial charge in [0.2, 0.25) is 0 Å². The molecule has 1 aromatic rings. The molecule has 3 fully saturated rings. The molecule has 4 amide bonds. The summed E-state index contributed by atoms with van der Waals surface area (Å²) in [7, 11) is 1.97. The maximum Gasteiger partial charge on any atom is 0.338 e. The van der Waals surface area contributed by atoms with Gasteiger partial charge in [-0.3, -0.25) is 14.5 Å². The molecule has 1 saturated carbocycles. The molecule has 29 heavy (non-hydrogen) atoms. The molecule has 2 saturated heterocycles. The first-order chi connectivity index (χ1) is 14.1. The molecule has 0 bridgehead atoms. The van der Waals surface area contributed by atoms with Crippen LogP contribution in [0, 0.1) is 0 Å². The number of hydrogen-bond donors (Lipinski definition) is 1. The Morgan fingerprint density at radius 3 is 2.34 bits per heavy atom. The van der Waals surface area contributed by atoms with Crippen LogP contribution >= 0.6 is 0 Å². The predicted octanol–water partition coefficient (Wildman–Crippen LogP) is 1.38. The Morgan fingerprint density at radius 1 is 0.931 bits per heavy atom. The lowest BCUT2D eigenvalue weighted by molar-refractivity contribution is -0.901. The van der Waals surface area contributed by atoms with Crippen LogP contribution in [0.4, 0.5) is 10.5 Å². The highest BCUT2D eigenvalue weighted by Crippen LogP contribution is 2.27. The summed E-state index contributed by atoms with van der Waals surface area (Å²) in [5, 5.41) is 0. The van der Waals surface area contributed by atoms with Gasteiger partial charge in [-0.15, -0.1) is 0 Å². The van der Waals surface area contributed by atoms with Crippen LogP contribution in [0.1, 0.15) is 50.5 Å². The fraction of sp³-hybridized carbons (Fsp3) is 0.591. The van der Waals surface area contributed by atoms with E-state index in [1.807, 2.05) is 13.1 Å². The van der Waals surface area contributed by atoms with Crippen LogP contribution in [-0.2, 0) is 16.1 Å². The first-order valence-corrected chi connectivity index (χ1v) is 10.9. The number of hydrogen-bond acceptors (Lipinski definition) is 4. The summed E-state index contributed by atoms with van der Waals surface area (Å²) in [6, 6.07) is 7.84. The quantitative estimate of drug-likeness (QED) is 0.580. The molecule has 2 heterocycles. The molecule has 4 rings (SSSR count). The van der Waals surface area contributed by atoms with Crippen LogP contribution < -0.4 is 9.80 Å². The first-order valence-electron chi connectivity index (χ1n) is 10.9. The predicted molar refractivity (Wildman–Crippen MR) is 109 cm³/mol. The Balaban J connectivity index is 1.43. The Labute approximate surface area is 172 Å². The van der Waals surface area contributed by atoms with Gasteiger partial charge in [-0.05, 0) is 38.2 Å². The van der Waals surface area contributed by atoms with Gasteiger partial charge in [-0.2, -0.15) is 0 Å². The number of quaternary nitrogens is 1. The Hall–Kier alpha value is -2.41. The van der Waals surface area contributed by atoms with Gasteiger partial charge in [-0.1, -0.05) is 31.0 Å². The largest absolute Gasteiger partial charge is 0.371 e. The van der Waals surface area contributed by atoms with E-state index in [4.69, 9.17) is 0 Å². The van der Waals surface area contributed by atoms with Crippen molar-refractivity contribution < 1.29 is 19.3 Å². The summed E-state index contributed by atoms with van der Waals surface area (Å²) in [5.41, 5.74) is 2.46. The molecule has 1 atom stereocenters. The third-order valence-corrected chi connectivity index (χ3v) is 6.38. The van der Waals surface area contributed by atoms with E-state index >= 15 is 0 Å². The minimum Gasteiger partial charge on any atom is -0.371 e. The van der Waals surface area contributed by atoms with Crippen LogP contribution in [-0.4, -0.2) is 60.5 Å². The maximum atomic E-state index is 12.8. The van der Waals surface area contributed by atoms with Crippen LogP contribution in [0.3, 0.4) is 0 Å². The number of piperidine rings is 1. The van der Waals surface area contributed by atoms with Crippen molar-refractivity contribution in [2.75, 3.05) is 31.7 Å². The number of anilines is 1. The fourth-order valence-electron chi connectivity index (χ4n) is 4.90. The average Bonchev–Trinajstić information content (AvgIpc) is 3.32. The van der Waals surface area contributed by atoms with E-state index < -0.39 is 17.8 Å². The van der Waals surface area contributed by atoms with Crippen LogP contribution in [0.25, 0.3) is 0 Å². The first kappa shape index (κ1) is 19.9. The van der Waals surface area contributed by atoms with E-state index in [1.54, 1.807) is 0 Å². The summed E-state index contributed by atoms with van der Waals surface area (Å²) >= 11 is 0. The van der Waals surface area contributed by atoms with Crippen molar-refractivity contribution in [3.05, 3.63) is 29.8 Å². The summed E-state index contributed by atoms with van der Waals surface area (Å²) in [5.74, 6) is -1.33. The standard InChI is InChI=1S/C22H30N4O3/c1-23(15-17-9-3-6-12-19(17)24-13-7-2-8-14-24)16-25-20(27)21(28)26(22(25)29)18-10-4-5-11-18/h3,6,9,12,18H,2,4-5,7-8,10-11,13-16H2,1H3/p+1. The second kappa shape index (κ2) is 8.53. The zero-order valence-electron chi connectivity index (χ0n) is 17.2. The number of carbonyl (C=O) groups excluding carboxylic acids is 3. The minimum absolute atomic E-state index is 0.107. The molecule has 1 aromatic carbocycles. The summed E-state index contributed by atoms with van der Waals surface area (Å²) in [6.07, 6.45) is 7.35. The SMILES string of the molecule is C[NH+](Cc1ccccc1N1CCCCC1)CN1C(=O)C(=O)N(C2CCCC2)C1=O. The smallest absolute Gasteiger partial charge is 0.338 e. The van der Waals surface area contributed by atoms with Crippen LogP contribution in [0.2, 0.25) is 0 Å². The van der Waals surface area contributed by atoms with Crippen molar-refractivity contribution in [1.82, 2.24) is 9.80 Å². The molecule has 3 aliphatic rings. The van der Waals surface area contributed by atoms with E-state index in [1.165, 1.54) is 35.4 Å². The summed E-state index contributed by atoms with van der Waals surface area (Å²) in [4.78, 5) is 43.5. The highest BCUT2D eigenvalue weighted by molar-refractivity contribution is 6.44. The average molecular weight is 400 g/mol. The normalized spacial score (nSPS) is 22.1. The van der Waals surface area contributed by atoms with Crippen molar-refractivity contribution >= 4 is 23.5 Å². The number of rotatable bonds is 6. The molecule has 7 nitrogen and oxygen atoms in total. The van der Waals surface area contributed by atoms with Crippen molar-refractivity contribution in [1.29, 1.82) is 0 Å². The summed E-state index contributed by atoms with van der Waals surface area (Å²) < 4.78 is 0. The molecule has 2 aliphatic heterocycles. The van der Waals surface area contributed by atoms with Crippen molar-refractivity contribution in [3.63, 3.8) is 0 Å². The zero-order valence-corrected chi connectivity index (χ0v) is 17.2. The second-order valence-corrected chi connectivity index (χ2v) is 8.60. The van der Waals surface area contributed by atoms with Gasteiger partial charge in [0.05, 0.1) is 7.05 Å². The zero-order chi connectivity index (χ0) is 20.4. The van der Waals surface area contributed by atoms with Gasteiger partial charge in [0.25, 0.3) is 0 Å². The highest BCUT2D eigenvalue weighted by Gasteiger charge is 2.49. The van der Waals surface area contributed by atoms with Gasteiger partial charge in [0, 0.05) is 30.4 Å². The number of carbonyl (C=O) groups is 3. The molecule has 0 spiro atoms. The van der Waals surface area contributed by atoms with Gasteiger partial charge >= 0.3 is 17.8 Å². The number of urea groups is 1. The number of benzene rings is 1. The number of nitrogens with zero attached hydrogens (tertiary/aromatic N) is 3. The number of imide groups is 2. The second-order valence-electron chi connectivity index (χ2n) is 8.60. The van der Waals surface area contributed by atoms with E-state index in [9.17, 15) is 14.4 Å². The molecule has 1 unspecified atom stereocenters. The molecular formula is C22H31N4O3+. The van der Waals surface area contributed by atoms with Crippen molar-refractivity contribution in [2.24, 2.45) is 0 Å². The molecule has 0 aromatic heterocycles. The van der Waals surface area contributed by atoms with Crippen molar-refractivity contribution in [2.45, 2.75) is 57.5 Å². The lowest BCUT2D eigenvalue weighted by atomic mass is 10.1. The molecule has 7 heteroatoms. The highest BCUT2D eigenvalue weighted by atomic mass is 16.2. The number of amides is 4. The number of nitrogens with one attached hydrogen (secondary N) is 1. The summed E-state index contributed by atoms with van der Waals surface area (Å²) in [6.45, 7) is 3.05. The van der Waals surface area contributed by atoms with Crippen molar-refractivity contribution in [3.8, 4) is 0 Å². The lowest BCUT2D eigenvalue weighted by Gasteiger charge is -2.31. The fourth-order valence-corrected chi connectivity index (χ4v) is 4.90. The molecule has 1 N–H and O–H groups in total. The topological polar surface area (TPSA) is 65.4 Å². The van der Waals surface area contributed by atoms with E-state index in [-0.39, 0.29) is 12.7 Å². The van der Waals surface area contributed by atoms with Crippen LogP contribution in [0.5, 0.6) is 0 Å². The minimum atomic E-state index is -0.675. The van der Waals surface area contributed by atoms with E-state index in [2.05, 4.69) is 23.1 Å². The molecular weight excluding hydrogens is 368 g/mol. The van der Waals surface area contributed by atoms with E-state index in [0.717, 1.165) is 48.6 Å². The Kier molecular flexibility index (Phi) is 5.85. The van der Waals surface area contributed by atoms with Crippen LogP contribution in [0.15, 0.2) is 24.3 Å². The monoisotopic (exact) mass is 399 g/mol. The molecule has 156 valence electrons. The Bertz CT molecular complexity index is 784. The third kappa shape index (κ3) is 4.01. The van der Waals surface area contributed by atoms with Gasteiger partial charge in [0.1, 0.15) is 6.54 Å². The molecule has 0 radical (unpaired) electrons. The number of para-hydroxylation sites is 1. The third-order valence-electron chi connectivity index (χ3n) is 6.38.